The molecule has 0 fully saturated rings. The third-order valence-electron chi connectivity index (χ3n) is 6.71. The summed E-state index contributed by atoms with van der Waals surface area (Å²) in [6.07, 6.45) is 6.51. The van der Waals surface area contributed by atoms with Gasteiger partial charge in [0.15, 0.2) is 0 Å². The van der Waals surface area contributed by atoms with Gasteiger partial charge in [0, 0.05) is 12.5 Å². The van der Waals surface area contributed by atoms with Gasteiger partial charge in [0.2, 0.25) is 0 Å². The molecule has 3 atom stereocenters. The predicted octanol–water partition coefficient (Wildman–Crippen LogP) is 5.79. The number of amides is 1. The smallest absolute Gasteiger partial charge is 0.253 e. The Morgan fingerprint density at radius 2 is 1.74 bits per heavy atom. The fourth-order valence-corrected chi connectivity index (χ4v) is 5.11. The van der Waals surface area contributed by atoms with Gasteiger partial charge in [-0.2, -0.15) is 0 Å². The number of carbonyl (C=O) groups is 1. The zero-order valence-electron chi connectivity index (χ0n) is 17.8. The number of rotatable bonds is 5. The summed E-state index contributed by atoms with van der Waals surface area (Å²) in [5.74, 6) is 0.812. The van der Waals surface area contributed by atoms with Crippen LogP contribution in [-0.4, -0.2) is 12.5 Å². The Balaban J connectivity index is 1.42. The lowest BCUT2D eigenvalue weighted by atomic mass is 9.75. The first kappa shape index (κ1) is 19.6. The molecule has 31 heavy (non-hydrogen) atoms. The van der Waals surface area contributed by atoms with Crippen LogP contribution in [0.15, 0.2) is 84.9 Å². The topological polar surface area (TPSA) is 41.1 Å². The Morgan fingerprint density at radius 3 is 2.58 bits per heavy atom. The molecule has 3 nitrogen and oxygen atoms in total. The molecule has 0 aromatic heterocycles. The second-order valence-corrected chi connectivity index (χ2v) is 8.59. The van der Waals surface area contributed by atoms with Crippen LogP contribution < -0.4 is 10.6 Å². The number of nitrogens with one attached hydrogen (secondary N) is 2. The number of aryl methyl sites for hydroxylation is 1. The molecule has 0 radical (unpaired) electrons. The molecular weight excluding hydrogens is 380 g/mol. The van der Waals surface area contributed by atoms with Crippen LogP contribution in [-0.2, 0) is 6.42 Å². The van der Waals surface area contributed by atoms with Gasteiger partial charge in [-0.3, -0.25) is 4.79 Å². The summed E-state index contributed by atoms with van der Waals surface area (Å²) in [4.78, 5) is 13.1. The average molecular weight is 409 g/mol. The Hall–Kier alpha value is -3.33. The minimum atomic E-state index is -0.00996. The van der Waals surface area contributed by atoms with E-state index in [1.807, 2.05) is 30.3 Å². The van der Waals surface area contributed by atoms with Crippen LogP contribution in [0.1, 0.15) is 51.0 Å². The van der Waals surface area contributed by atoms with Crippen LogP contribution in [0, 0.1) is 12.8 Å². The maximum atomic E-state index is 13.1. The van der Waals surface area contributed by atoms with Crippen molar-refractivity contribution >= 4 is 11.6 Å². The fourth-order valence-electron chi connectivity index (χ4n) is 5.11. The van der Waals surface area contributed by atoms with Gasteiger partial charge in [0.25, 0.3) is 5.91 Å². The van der Waals surface area contributed by atoms with Gasteiger partial charge in [0.1, 0.15) is 0 Å². The highest BCUT2D eigenvalue weighted by Crippen LogP contribution is 2.51. The Kier molecular flexibility index (Phi) is 5.33. The SMILES string of the molecule is Cc1ccccc1C1Nc2c(C(=O)NCCc3ccccc3)cccc2C2C=CCC21. The molecule has 3 aromatic rings. The average Bonchev–Trinajstić information content (AvgIpc) is 3.30. The molecule has 3 heteroatoms. The molecule has 2 N–H and O–H groups in total. The summed E-state index contributed by atoms with van der Waals surface area (Å²) in [7, 11) is 0. The highest BCUT2D eigenvalue weighted by atomic mass is 16.1. The molecular formula is C28H28N2O. The molecule has 3 aromatic carbocycles. The molecule has 0 spiro atoms. The highest BCUT2D eigenvalue weighted by molar-refractivity contribution is 6.00. The fraction of sp³-hybridized carbons (Fsp3) is 0.250. The molecule has 0 saturated heterocycles. The van der Waals surface area contributed by atoms with Gasteiger partial charge >= 0.3 is 0 Å². The van der Waals surface area contributed by atoms with E-state index in [0.29, 0.717) is 18.4 Å². The van der Waals surface area contributed by atoms with E-state index in [0.717, 1.165) is 24.1 Å². The van der Waals surface area contributed by atoms with E-state index in [9.17, 15) is 4.79 Å². The molecule has 1 aliphatic carbocycles. The number of hydrogen-bond donors (Lipinski definition) is 2. The Labute approximate surface area is 184 Å². The highest BCUT2D eigenvalue weighted by Gasteiger charge is 2.39. The number of benzene rings is 3. The summed E-state index contributed by atoms with van der Waals surface area (Å²) >= 11 is 0. The van der Waals surface area contributed by atoms with Crippen molar-refractivity contribution in [2.75, 3.05) is 11.9 Å². The van der Waals surface area contributed by atoms with Crippen molar-refractivity contribution in [1.29, 1.82) is 0 Å². The van der Waals surface area contributed by atoms with E-state index in [1.165, 1.54) is 22.3 Å². The lowest BCUT2D eigenvalue weighted by Crippen LogP contribution is -2.33. The first-order chi connectivity index (χ1) is 15.2. The van der Waals surface area contributed by atoms with Crippen molar-refractivity contribution in [1.82, 2.24) is 5.32 Å². The van der Waals surface area contributed by atoms with Gasteiger partial charge < -0.3 is 10.6 Å². The van der Waals surface area contributed by atoms with Gasteiger partial charge in [0.05, 0.1) is 17.3 Å². The van der Waals surface area contributed by atoms with Crippen molar-refractivity contribution in [2.45, 2.75) is 31.7 Å². The number of carbonyl (C=O) groups excluding carboxylic acids is 1. The van der Waals surface area contributed by atoms with Crippen molar-refractivity contribution in [2.24, 2.45) is 5.92 Å². The van der Waals surface area contributed by atoms with Crippen LogP contribution >= 0.6 is 0 Å². The molecule has 3 unspecified atom stereocenters. The van der Waals surface area contributed by atoms with Crippen LogP contribution in [0.5, 0.6) is 0 Å². The molecule has 1 heterocycles. The van der Waals surface area contributed by atoms with E-state index in [1.54, 1.807) is 0 Å². The monoisotopic (exact) mass is 408 g/mol. The second-order valence-electron chi connectivity index (χ2n) is 8.59. The normalized spacial score (nSPS) is 21.1. The van der Waals surface area contributed by atoms with E-state index in [4.69, 9.17) is 0 Å². The Morgan fingerprint density at radius 1 is 0.968 bits per heavy atom. The zero-order chi connectivity index (χ0) is 21.2. The second kappa shape index (κ2) is 8.43. The number of fused-ring (bicyclic) bond motifs is 3. The van der Waals surface area contributed by atoms with E-state index >= 15 is 0 Å². The lowest BCUT2D eigenvalue weighted by molar-refractivity contribution is 0.0954. The van der Waals surface area contributed by atoms with Crippen molar-refractivity contribution in [3.63, 3.8) is 0 Å². The number of para-hydroxylation sites is 1. The quantitative estimate of drug-likeness (QED) is 0.524. The summed E-state index contributed by atoms with van der Waals surface area (Å²) in [6, 6.07) is 25.2. The van der Waals surface area contributed by atoms with Gasteiger partial charge in [-0.05, 0) is 54.0 Å². The maximum Gasteiger partial charge on any atom is 0.253 e. The van der Waals surface area contributed by atoms with Gasteiger partial charge in [-0.25, -0.2) is 0 Å². The van der Waals surface area contributed by atoms with E-state index in [-0.39, 0.29) is 11.9 Å². The zero-order valence-corrected chi connectivity index (χ0v) is 17.8. The first-order valence-electron chi connectivity index (χ1n) is 11.2. The van der Waals surface area contributed by atoms with E-state index in [2.05, 4.69) is 72.2 Å². The first-order valence-corrected chi connectivity index (χ1v) is 11.2. The molecule has 0 bridgehead atoms. The molecule has 1 amide bonds. The summed E-state index contributed by atoms with van der Waals surface area (Å²) in [5.41, 5.74) is 6.81. The molecule has 0 saturated carbocycles. The molecule has 5 rings (SSSR count). The summed E-state index contributed by atoms with van der Waals surface area (Å²) in [5, 5.41) is 6.91. The van der Waals surface area contributed by atoms with Crippen molar-refractivity contribution in [3.05, 3.63) is 113 Å². The minimum absolute atomic E-state index is 0.00996. The predicted molar refractivity (Wildman–Crippen MR) is 126 cm³/mol. The molecule has 156 valence electrons. The van der Waals surface area contributed by atoms with Crippen molar-refractivity contribution < 1.29 is 4.79 Å². The Bertz CT molecular complexity index is 1120. The van der Waals surface area contributed by atoms with Crippen LogP contribution in [0.2, 0.25) is 0 Å². The largest absolute Gasteiger partial charge is 0.377 e. The van der Waals surface area contributed by atoms with Crippen molar-refractivity contribution in [3.8, 4) is 0 Å². The maximum absolute atomic E-state index is 13.1. The van der Waals surface area contributed by atoms with Crippen LogP contribution in [0.4, 0.5) is 5.69 Å². The number of anilines is 1. The number of allylic oxidation sites excluding steroid dienone is 2. The summed E-state index contributed by atoms with van der Waals surface area (Å²) in [6.45, 7) is 2.80. The number of hydrogen-bond acceptors (Lipinski definition) is 2. The van der Waals surface area contributed by atoms with Gasteiger partial charge in [-0.15, -0.1) is 0 Å². The standard InChI is InChI=1S/C28H28N2O/c1-19-9-5-6-12-21(19)26-23-14-7-13-22(23)24-15-8-16-25(27(24)30-26)28(31)29-18-17-20-10-3-2-4-11-20/h2-13,15-16,22-23,26,30H,14,17-18H2,1H3,(H,29,31). The third kappa shape index (κ3) is 3.76. The molecule has 1 aliphatic heterocycles. The summed E-state index contributed by atoms with van der Waals surface area (Å²) < 4.78 is 0. The van der Waals surface area contributed by atoms with Crippen LogP contribution in [0.25, 0.3) is 0 Å². The van der Waals surface area contributed by atoms with Gasteiger partial charge in [-0.1, -0.05) is 78.9 Å². The lowest BCUT2D eigenvalue weighted by Gasteiger charge is -2.39. The van der Waals surface area contributed by atoms with Crippen LogP contribution in [0.3, 0.4) is 0 Å². The minimum Gasteiger partial charge on any atom is -0.377 e. The van der Waals surface area contributed by atoms with E-state index < -0.39 is 0 Å². The molecule has 2 aliphatic rings. The third-order valence-corrected chi connectivity index (χ3v) is 6.71.